The zero-order valence-corrected chi connectivity index (χ0v) is 16.9. The second-order valence-electron chi connectivity index (χ2n) is 6.43. The Labute approximate surface area is 149 Å². The normalized spacial score (nSPS) is 11.7. The fourth-order valence-electron chi connectivity index (χ4n) is 3.62. The molecular formula is C20H29ClSi2. The van der Waals surface area contributed by atoms with E-state index in [1.165, 1.54) is 10.9 Å². The lowest BCUT2D eigenvalue weighted by Gasteiger charge is -2.39. The van der Waals surface area contributed by atoms with Gasteiger partial charge in [-0.3, -0.25) is 0 Å². The van der Waals surface area contributed by atoms with E-state index in [0.717, 1.165) is 29.7 Å². The minimum absolute atomic E-state index is 0.765. The van der Waals surface area contributed by atoms with Crippen LogP contribution in [0.15, 0.2) is 81.0 Å². The van der Waals surface area contributed by atoms with Gasteiger partial charge >= 0.3 is 0 Å². The monoisotopic (exact) mass is 360 g/mol. The van der Waals surface area contributed by atoms with Crippen molar-refractivity contribution >= 4 is 32.9 Å². The van der Waals surface area contributed by atoms with Crippen LogP contribution >= 0.6 is 11.6 Å². The number of allylic oxidation sites excluding steroid dienone is 4. The Bertz CT molecular complexity index is 502. The summed E-state index contributed by atoms with van der Waals surface area (Å²) < 4.78 is 0. The van der Waals surface area contributed by atoms with E-state index in [-0.39, 0.29) is 0 Å². The molecule has 0 nitrogen and oxygen atoms in total. The van der Waals surface area contributed by atoms with E-state index in [0.29, 0.717) is 0 Å². The minimum atomic E-state index is -1.76. The summed E-state index contributed by atoms with van der Waals surface area (Å²) in [7, 11) is -3.42. The second kappa shape index (κ2) is 9.91. The summed E-state index contributed by atoms with van der Waals surface area (Å²) in [4.78, 5) is 0. The maximum atomic E-state index is 6.51. The molecule has 0 heterocycles. The molecule has 1 aromatic rings. The number of rotatable bonds is 12. The van der Waals surface area contributed by atoms with Gasteiger partial charge in [0.15, 0.2) is 0 Å². The average Bonchev–Trinajstić information content (AvgIpc) is 2.56. The van der Waals surface area contributed by atoms with Crippen LogP contribution in [0, 0.1) is 0 Å². The molecule has 23 heavy (non-hydrogen) atoms. The third-order valence-corrected chi connectivity index (χ3v) is 18.6. The van der Waals surface area contributed by atoms with Crippen LogP contribution in [0.3, 0.4) is 0 Å². The molecule has 1 rings (SSSR count). The molecule has 0 N–H and O–H groups in total. The third kappa shape index (κ3) is 5.20. The lowest BCUT2D eigenvalue weighted by atomic mass is 10.4. The molecule has 0 saturated carbocycles. The first-order valence-electron chi connectivity index (χ1n) is 8.17. The van der Waals surface area contributed by atoms with E-state index in [1.807, 2.05) is 0 Å². The first-order chi connectivity index (χ1) is 11.1. The molecule has 0 amide bonds. The summed E-state index contributed by atoms with van der Waals surface area (Å²) in [5.74, 6) is 0. The minimum Gasteiger partial charge on any atom is -0.130 e. The summed E-state index contributed by atoms with van der Waals surface area (Å²) in [6, 6.07) is 15.2. The summed E-state index contributed by atoms with van der Waals surface area (Å²) >= 11 is 6.51. The van der Waals surface area contributed by atoms with E-state index in [9.17, 15) is 0 Å². The van der Waals surface area contributed by atoms with Crippen molar-refractivity contribution in [1.29, 1.82) is 0 Å². The fourth-order valence-corrected chi connectivity index (χ4v) is 18.6. The number of benzene rings is 1. The highest BCUT2D eigenvalue weighted by Gasteiger charge is 2.42. The van der Waals surface area contributed by atoms with Gasteiger partial charge in [0, 0.05) is 5.50 Å². The highest BCUT2D eigenvalue weighted by molar-refractivity contribution is 7.05. The van der Waals surface area contributed by atoms with Gasteiger partial charge in [-0.25, -0.2) is 0 Å². The molecule has 1 aromatic carbocycles. The van der Waals surface area contributed by atoms with Gasteiger partial charge in [0.2, 0.25) is 0 Å². The van der Waals surface area contributed by atoms with Crippen molar-refractivity contribution in [2.24, 2.45) is 0 Å². The van der Waals surface area contributed by atoms with Crippen molar-refractivity contribution < 1.29 is 0 Å². The Hall–Kier alpha value is -1.10. The molecule has 124 valence electrons. The summed E-state index contributed by atoms with van der Waals surface area (Å²) in [6.07, 6.45) is 8.31. The smallest absolute Gasteiger partial charge is 0.0915 e. The molecule has 0 aliphatic carbocycles. The number of hydrogen-bond acceptors (Lipinski definition) is 0. The first-order valence-corrected chi connectivity index (χ1v) is 14.2. The Kier molecular flexibility index (Phi) is 8.60. The molecular weight excluding hydrogens is 332 g/mol. The molecule has 0 aliphatic rings. The van der Waals surface area contributed by atoms with Gasteiger partial charge in [-0.05, 0) is 24.2 Å². The quantitative estimate of drug-likeness (QED) is 0.249. The topological polar surface area (TPSA) is 0 Å². The Morgan fingerprint density at radius 1 is 0.783 bits per heavy atom. The average molecular weight is 361 g/mol. The van der Waals surface area contributed by atoms with Crippen LogP contribution in [0.5, 0.6) is 0 Å². The molecule has 3 heteroatoms. The Balaban J connectivity index is 3.36. The largest absolute Gasteiger partial charge is 0.130 e. The Morgan fingerprint density at radius 2 is 1.26 bits per heavy atom. The van der Waals surface area contributed by atoms with Gasteiger partial charge in [-0.15, -0.1) is 37.9 Å². The fraction of sp³-hybridized carbons (Fsp3) is 0.300. The zero-order chi connectivity index (χ0) is 17.2. The van der Waals surface area contributed by atoms with Gasteiger partial charge in [-0.1, -0.05) is 65.5 Å². The van der Waals surface area contributed by atoms with Gasteiger partial charge in [-0.2, -0.15) is 0 Å². The van der Waals surface area contributed by atoms with E-state index in [4.69, 9.17) is 11.6 Å². The van der Waals surface area contributed by atoms with E-state index in [2.05, 4.69) is 81.0 Å². The molecule has 0 fully saturated rings. The van der Waals surface area contributed by atoms with Crippen LogP contribution in [-0.4, -0.2) is 21.7 Å². The highest BCUT2D eigenvalue weighted by atomic mass is 35.5. The van der Waals surface area contributed by atoms with Crippen LogP contribution in [0.25, 0.3) is 0 Å². The molecule has 0 aliphatic heterocycles. The molecule has 0 aromatic heterocycles. The molecule has 0 atom stereocenters. The number of hydrogen-bond donors (Lipinski definition) is 0. The van der Waals surface area contributed by atoms with Crippen molar-refractivity contribution in [3.63, 3.8) is 0 Å². The second-order valence-corrected chi connectivity index (χ2v) is 16.7. The van der Waals surface area contributed by atoms with E-state index in [1.54, 1.807) is 0 Å². The lowest BCUT2D eigenvalue weighted by Crippen LogP contribution is -2.55. The third-order valence-electron chi connectivity index (χ3n) is 4.61. The number of alkyl halides is 1. The Morgan fingerprint density at radius 3 is 1.65 bits per heavy atom. The van der Waals surface area contributed by atoms with E-state index >= 15 is 0 Å². The van der Waals surface area contributed by atoms with Crippen LogP contribution in [-0.2, 0) is 0 Å². The van der Waals surface area contributed by atoms with E-state index < -0.39 is 16.1 Å². The van der Waals surface area contributed by atoms with Crippen molar-refractivity contribution in [2.45, 2.75) is 29.8 Å². The first kappa shape index (κ1) is 19.9. The van der Waals surface area contributed by atoms with Gasteiger partial charge in [0.05, 0.1) is 16.1 Å². The lowest BCUT2D eigenvalue weighted by molar-refractivity contribution is 1.32. The maximum Gasteiger partial charge on any atom is 0.0915 e. The van der Waals surface area contributed by atoms with Crippen molar-refractivity contribution in [2.75, 3.05) is 5.50 Å². The molecule has 0 unspecified atom stereocenters. The molecule has 0 spiro atoms. The maximum absolute atomic E-state index is 6.51. The van der Waals surface area contributed by atoms with Crippen LogP contribution < -0.4 is 5.19 Å². The van der Waals surface area contributed by atoms with Crippen molar-refractivity contribution in [3.05, 3.63) is 81.0 Å². The SMILES string of the molecule is C=CC[Si](CCl)(CC=C)C[Si](CC=C)(CC=C)c1ccccc1. The number of halogens is 1. The summed E-state index contributed by atoms with van der Waals surface area (Å²) in [5, 5.41) is 1.50. The van der Waals surface area contributed by atoms with Gasteiger partial charge in [0.1, 0.15) is 0 Å². The molecule has 0 radical (unpaired) electrons. The summed E-state index contributed by atoms with van der Waals surface area (Å²) in [6.45, 7) is 16.1. The predicted molar refractivity (Wildman–Crippen MR) is 113 cm³/mol. The van der Waals surface area contributed by atoms with Crippen LogP contribution in [0.2, 0.25) is 29.8 Å². The van der Waals surface area contributed by atoms with Crippen LogP contribution in [0.1, 0.15) is 0 Å². The molecule has 0 saturated heterocycles. The van der Waals surface area contributed by atoms with Gasteiger partial charge in [0.25, 0.3) is 0 Å². The van der Waals surface area contributed by atoms with Gasteiger partial charge < -0.3 is 0 Å². The van der Waals surface area contributed by atoms with Crippen LogP contribution in [0.4, 0.5) is 0 Å². The van der Waals surface area contributed by atoms with Crippen molar-refractivity contribution in [3.8, 4) is 0 Å². The highest BCUT2D eigenvalue weighted by Crippen LogP contribution is 2.34. The molecule has 0 bridgehead atoms. The zero-order valence-electron chi connectivity index (χ0n) is 14.1. The van der Waals surface area contributed by atoms with Crippen molar-refractivity contribution in [1.82, 2.24) is 0 Å². The standard InChI is InChI=1S/C20H29ClSi2/c1-5-14-22(18-21,15-6-2)19-23(16-7-3,17-8-4)20-12-10-9-11-13-20/h5-13H,1-4,14-19H2. The summed E-state index contributed by atoms with van der Waals surface area (Å²) in [5.41, 5.74) is 2.00. The predicted octanol–water partition coefficient (Wildman–Crippen LogP) is 5.85.